The summed E-state index contributed by atoms with van der Waals surface area (Å²) in [5, 5.41) is 0. The van der Waals surface area contributed by atoms with Gasteiger partial charge in [-0.2, -0.15) is 0 Å². The average molecular weight is 196 g/mol. The molecule has 0 saturated heterocycles. The molecule has 1 aromatic rings. The Labute approximate surface area is 84.1 Å². The lowest BCUT2D eigenvalue weighted by atomic mass is 10.0. The molecular weight excluding hydrogens is 180 g/mol. The summed E-state index contributed by atoms with van der Waals surface area (Å²) < 4.78 is 10.2. The van der Waals surface area contributed by atoms with Crippen LogP contribution in [0, 0.1) is 5.92 Å². The molecule has 0 aliphatic carbocycles. The first kappa shape index (κ1) is 11.0. The predicted octanol–water partition coefficient (Wildman–Crippen LogP) is 2.65. The van der Waals surface area contributed by atoms with E-state index in [1.807, 2.05) is 13.8 Å². The van der Waals surface area contributed by atoms with Crippen LogP contribution in [-0.4, -0.2) is 12.9 Å². The van der Waals surface area contributed by atoms with E-state index in [1.54, 1.807) is 19.2 Å². The molecule has 0 aliphatic heterocycles. The maximum Gasteiger partial charge on any atom is 0.200 e. The molecule has 78 valence electrons. The van der Waals surface area contributed by atoms with Crippen molar-refractivity contribution in [2.45, 2.75) is 26.9 Å². The first-order chi connectivity index (χ1) is 6.69. The average Bonchev–Trinajstić information content (AvgIpc) is 2.64. The number of carbonyl (C=O) groups excluding carboxylic acids is 1. The largest absolute Gasteiger partial charge is 0.456 e. The molecule has 1 atom stereocenters. The Kier molecular flexibility index (Phi) is 3.89. The summed E-state index contributed by atoms with van der Waals surface area (Å²) in [5.41, 5.74) is 0. The molecule has 1 unspecified atom stereocenters. The van der Waals surface area contributed by atoms with Crippen LogP contribution >= 0.6 is 0 Å². The fourth-order valence-corrected chi connectivity index (χ4v) is 1.16. The SMILES string of the molecule is CCC(C)C(=O)c1ccc(COC)o1. The molecule has 0 amide bonds. The van der Waals surface area contributed by atoms with Gasteiger partial charge in [0.1, 0.15) is 12.4 Å². The lowest BCUT2D eigenvalue weighted by molar-refractivity contribution is 0.0890. The summed E-state index contributed by atoms with van der Waals surface area (Å²) in [4.78, 5) is 11.7. The fraction of sp³-hybridized carbons (Fsp3) is 0.545. The third kappa shape index (κ3) is 2.45. The smallest absolute Gasteiger partial charge is 0.200 e. The number of hydrogen-bond donors (Lipinski definition) is 0. The zero-order valence-corrected chi connectivity index (χ0v) is 8.87. The minimum absolute atomic E-state index is 0.0246. The van der Waals surface area contributed by atoms with Gasteiger partial charge in [0.15, 0.2) is 5.76 Å². The second-order valence-corrected chi connectivity index (χ2v) is 3.37. The zero-order valence-electron chi connectivity index (χ0n) is 8.87. The molecule has 14 heavy (non-hydrogen) atoms. The Morgan fingerprint density at radius 2 is 2.29 bits per heavy atom. The van der Waals surface area contributed by atoms with Crippen molar-refractivity contribution in [1.82, 2.24) is 0 Å². The molecule has 1 rings (SSSR count). The maximum atomic E-state index is 11.7. The van der Waals surface area contributed by atoms with E-state index in [0.717, 1.165) is 6.42 Å². The van der Waals surface area contributed by atoms with Crippen molar-refractivity contribution < 1.29 is 13.9 Å². The molecule has 0 bridgehead atoms. The van der Waals surface area contributed by atoms with Crippen LogP contribution in [0.4, 0.5) is 0 Å². The van der Waals surface area contributed by atoms with Gasteiger partial charge in [-0.25, -0.2) is 0 Å². The number of furan rings is 1. The zero-order chi connectivity index (χ0) is 10.6. The van der Waals surface area contributed by atoms with Crippen molar-refractivity contribution in [3.63, 3.8) is 0 Å². The van der Waals surface area contributed by atoms with E-state index in [4.69, 9.17) is 9.15 Å². The van der Waals surface area contributed by atoms with Gasteiger partial charge >= 0.3 is 0 Å². The van der Waals surface area contributed by atoms with Gasteiger partial charge in [0, 0.05) is 13.0 Å². The Morgan fingerprint density at radius 3 is 2.86 bits per heavy atom. The number of carbonyl (C=O) groups is 1. The van der Waals surface area contributed by atoms with Crippen molar-refractivity contribution in [1.29, 1.82) is 0 Å². The molecule has 0 saturated carbocycles. The number of Topliss-reactive ketones (excluding diaryl/α,β-unsaturated/α-hetero) is 1. The van der Waals surface area contributed by atoms with Crippen molar-refractivity contribution in [3.8, 4) is 0 Å². The van der Waals surface area contributed by atoms with Crippen molar-refractivity contribution >= 4 is 5.78 Å². The van der Waals surface area contributed by atoms with Crippen molar-refractivity contribution in [2.75, 3.05) is 7.11 Å². The van der Waals surface area contributed by atoms with Crippen LogP contribution in [0.15, 0.2) is 16.5 Å². The highest BCUT2D eigenvalue weighted by Crippen LogP contribution is 2.15. The summed E-state index contributed by atoms with van der Waals surface area (Å²) in [6.45, 7) is 4.30. The Hall–Kier alpha value is -1.09. The molecule has 0 N–H and O–H groups in total. The highest BCUT2D eigenvalue weighted by Gasteiger charge is 2.16. The van der Waals surface area contributed by atoms with Crippen LogP contribution in [0.5, 0.6) is 0 Å². The van der Waals surface area contributed by atoms with E-state index in [0.29, 0.717) is 18.1 Å². The number of methoxy groups -OCH3 is 1. The van der Waals surface area contributed by atoms with Crippen LogP contribution in [0.25, 0.3) is 0 Å². The van der Waals surface area contributed by atoms with Crippen LogP contribution in [-0.2, 0) is 11.3 Å². The third-order valence-corrected chi connectivity index (χ3v) is 2.25. The lowest BCUT2D eigenvalue weighted by Gasteiger charge is -2.03. The first-order valence-corrected chi connectivity index (χ1v) is 4.80. The van der Waals surface area contributed by atoms with Crippen molar-refractivity contribution in [3.05, 3.63) is 23.7 Å². The monoisotopic (exact) mass is 196 g/mol. The molecule has 0 fully saturated rings. The molecular formula is C11H16O3. The molecule has 0 radical (unpaired) electrons. The van der Waals surface area contributed by atoms with Crippen LogP contribution in [0.1, 0.15) is 36.6 Å². The Bertz CT molecular complexity index is 301. The second-order valence-electron chi connectivity index (χ2n) is 3.37. The van der Waals surface area contributed by atoms with E-state index in [-0.39, 0.29) is 11.7 Å². The summed E-state index contributed by atoms with van der Waals surface area (Å²) in [6.07, 6.45) is 0.832. The molecule has 0 spiro atoms. The highest BCUT2D eigenvalue weighted by atomic mass is 16.5. The lowest BCUT2D eigenvalue weighted by Crippen LogP contribution is -2.08. The normalized spacial score (nSPS) is 12.8. The quantitative estimate of drug-likeness (QED) is 0.679. The first-order valence-electron chi connectivity index (χ1n) is 4.80. The van der Waals surface area contributed by atoms with Gasteiger partial charge < -0.3 is 9.15 Å². The van der Waals surface area contributed by atoms with Gasteiger partial charge in [0.2, 0.25) is 5.78 Å². The van der Waals surface area contributed by atoms with Gasteiger partial charge in [-0.1, -0.05) is 13.8 Å². The van der Waals surface area contributed by atoms with Gasteiger partial charge in [-0.15, -0.1) is 0 Å². The summed E-state index contributed by atoms with van der Waals surface area (Å²) in [5.74, 6) is 1.22. The van der Waals surface area contributed by atoms with Gasteiger partial charge in [-0.05, 0) is 18.6 Å². The van der Waals surface area contributed by atoms with Gasteiger partial charge in [0.25, 0.3) is 0 Å². The van der Waals surface area contributed by atoms with E-state index in [2.05, 4.69) is 0 Å². The molecule has 0 aromatic carbocycles. The molecule has 0 aliphatic rings. The van der Waals surface area contributed by atoms with Crippen LogP contribution in [0.3, 0.4) is 0 Å². The predicted molar refractivity (Wildman–Crippen MR) is 53.2 cm³/mol. The van der Waals surface area contributed by atoms with E-state index < -0.39 is 0 Å². The third-order valence-electron chi connectivity index (χ3n) is 2.25. The summed E-state index contributed by atoms with van der Waals surface area (Å²) in [7, 11) is 1.60. The highest BCUT2D eigenvalue weighted by molar-refractivity contribution is 5.95. The Morgan fingerprint density at radius 1 is 1.57 bits per heavy atom. The van der Waals surface area contributed by atoms with Gasteiger partial charge in [0.05, 0.1) is 0 Å². The van der Waals surface area contributed by atoms with Crippen LogP contribution < -0.4 is 0 Å². The van der Waals surface area contributed by atoms with Gasteiger partial charge in [-0.3, -0.25) is 4.79 Å². The molecule has 3 nitrogen and oxygen atoms in total. The Balaban J connectivity index is 2.71. The topological polar surface area (TPSA) is 39.4 Å². The minimum atomic E-state index is 0.0246. The second kappa shape index (κ2) is 4.96. The van der Waals surface area contributed by atoms with E-state index in [9.17, 15) is 4.79 Å². The van der Waals surface area contributed by atoms with Crippen LogP contribution in [0.2, 0.25) is 0 Å². The van der Waals surface area contributed by atoms with E-state index >= 15 is 0 Å². The maximum absolute atomic E-state index is 11.7. The van der Waals surface area contributed by atoms with Crippen molar-refractivity contribution in [2.24, 2.45) is 5.92 Å². The fourth-order valence-electron chi connectivity index (χ4n) is 1.16. The number of hydrogen-bond acceptors (Lipinski definition) is 3. The molecule has 1 heterocycles. The standard InChI is InChI=1S/C11H16O3/c1-4-8(2)11(12)10-6-5-9(14-10)7-13-3/h5-6,8H,4,7H2,1-3H3. The minimum Gasteiger partial charge on any atom is -0.456 e. The number of rotatable bonds is 5. The number of ether oxygens (including phenoxy) is 1. The molecule has 3 heteroatoms. The van der Waals surface area contributed by atoms with E-state index in [1.165, 1.54) is 0 Å². The summed E-state index contributed by atoms with van der Waals surface area (Å²) >= 11 is 0. The number of ketones is 1. The summed E-state index contributed by atoms with van der Waals surface area (Å²) in [6, 6.07) is 3.49. The molecule has 1 aromatic heterocycles.